The molecule has 0 aromatic heterocycles. The molecule has 3 aromatic carbocycles. The molecule has 3 aliphatic heterocycles. The molecule has 44 heavy (non-hydrogen) atoms. The van der Waals surface area contributed by atoms with Gasteiger partial charge in [0.25, 0.3) is 11.4 Å². The van der Waals surface area contributed by atoms with Gasteiger partial charge in [-0.2, -0.15) is 0 Å². The Kier molecular flexibility index (Phi) is 6.65. The molecule has 1 aliphatic carbocycles. The molecule has 1 saturated carbocycles. The fourth-order valence-electron chi connectivity index (χ4n) is 7.47. The number of non-ortho nitro benzene ring substituents is 1. The largest absolute Gasteiger partial charge is 0.324 e. The van der Waals surface area contributed by atoms with Crippen molar-refractivity contribution < 1.29 is 23.8 Å². The van der Waals surface area contributed by atoms with Crippen molar-refractivity contribution in [3.8, 4) is 0 Å². The van der Waals surface area contributed by atoms with Crippen LogP contribution < -0.4 is 10.2 Å². The van der Waals surface area contributed by atoms with E-state index in [0.717, 1.165) is 25.0 Å². The van der Waals surface area contributed by atoms with Crippen LogP contribution in [-0.2, 0) is 15.1 Å². The fourth-order valence-corrected chi connectivity index (χ4v) is 7.83. The zero-order valence-corrected chi connectivity index (χ0v) is 24.4. The number of carbonyl (C=O) groups is 2. The van der Waals surface area contributed by atoms with Crippen LogP contribution in [0, 0.1) is 37.9 Å². The molecule has 14 heteroatoms. The number of hydrogen-bond donors (Lipinski definition) is 1. The highest BCUT2D eigenvalue weighted by Gasteiger charge is 2.70. The van der Waals surface area contributed by atoms with Crippen molar-refractivity contribution in [2.45, 2.75) is 36.8 Å². The Morgan fingerprint density at radius 1 is 1.00 bits per heavy atom. The van der Waals surface area contributed by atoms with Crippen LogP contribution in [0.4, 0.5) is 27.1 Å². The summed E-state index contributed by atoms with van der Waals surface area (Å²) in [6.07, 6.45) is 2.21. The number of benzene rings is 3. The molecule has 4 atom stereocenters. The second-order valence-electron chi connectivity index (χ2n) is 11.7. The molecular weight excluding hydrogens is 616 g/mol. The van der Waals surface area contributed by atoms with E-state index in [1.165, 1.54) is 23.1 Å². The number of halogens is 3. The third kappa shape index (κ3) is 4.11. The maximum atomic E-state index is 16.1. The lowest BCUT2D eigenvalue weighted by molar-refractivity contribution is -0.393. The third-order valence-corrected chi connectivity index (χ3v) is 9.92. The predicted octanol–water partition coefficient (Wildman–Crippen LogP) is 6.03. The van der Waals surface area contributed by atoms with Gasteiger partial charge in [0.2, 0.25) is 11.8 Å². The van der Waals surface area contributed by atoms with Crippen LogP contribution >= 0.6 is 23.2 Å². The van der Waals surface area contributed by atoms with Crippen molar-refractivity contribution in [2.24, 2.45) is 11.8 Å². The van der Waals surface area contributed by atoms with Crippen molar-refractivity contribution in [3.63, 3.8) is 0 Å². The quantitative estimate of drug-likeness (QED) is 0.257. The number of nitrogens with zero attached hydrogens (tertiary/aromatic N) is 4. The zero-order valence-electron chi connectivity index (χ0n) is 22.9. The van der Waals surface area contributed by atoms with Gasteiger partial charge >= 0.3 is 0 Å². The van der Waals surface area contributed by atoms with Crippen LogP contribution in [0.1, 0.15) is 36.3 Å². The Labute approximate surface area is 259 Å². The molecule has 226 valence electrons. The van der Waals surface area contributed by atoms with Crippen LogP contribution in [0.2, 0.25) is 10.0 Å². The number of nitro benzene ring substituents is 2. The van der Waals surface area contributed by atoms with Crippen LogP contribution in [0.5, 0.6) is 0 Å². The maximum absolute atomic E-state index is 16.1. The highest BCUT2D eigenvalue weighted by molar-refractivity contribution is 6.31. The minimum absolute atomic E-state index is 0.0513. The first kappa shape index (κ1) is 28.6. The van der Waals surface area contributed by atoms with Crippen LogP contribution in [0.15, 0.2) is 54.6 Å². The van der Waals surface area contributed by atoms with Crippen molar-refractivity contribution in [1.29, 1.82) is 0 Å². The fraction of sp³-hybridized carbons (Fsp3) is 0.333. The molecule has 0 unspecified atom stereocenters. The Hall–Kier alpha value is -4.13. The molecule has 4 aliphatic rings. The van der Waals surface area contributed by atoms with Crippen LogP contribution in [0.3, 0.4) is 0 Å². The Balaban J connectivity index is 1.45. The van der Waals surface area contributed by atoms with E-state index in [0.29, 0.717) is 29.2 Å². The number of likely N-dealkylation sites (tertiary alicyclic amines) is 1. The number of amides is 2. The van der Waals surface area contributed by atoms with Gasteiger partial charge in [-0.15, -0.1) is 0 Å². The standard InChI is InChI=1S/C30H24Cl2FN5O6/c31-16-6-8-19-21(12-16)34-29(40)30(19)26(18-2-1-3-20(32)27(18)33)25-23(36(30)14-15-4-5-15)10-11-35(28(25)39)22-9-7-17(37(41)42)13-24(22)38(43)44/h1-3,6-9,12-13,15,23,25-26H,4-5,10-11,14H2,(H,34,40)/t23-,25+,26-,30+/m0/s1. The zero-order chi connectivity index (χ0) is 31.1. The van der Waals surface area contributed by atoms with Gasteiger partial charge in [-0.3, -0.25) is 34.7 Å². The number of fused-ring (bicyclic) bond motifs is 3. The Morgan fingerprint density at radius 2 is 1.77 bits per heavy atom. The van der Waals surface area contributed by atoms with Crippen LogP contribution in [0.25, 0.3) is 0 Å². The van der Waals surface area contributed by atoms with E-state index in [9.17, 15) is 29.8 Å². The first-order chi connectivity index (χ1) is 21.0. The SMILES string of the molecule is O=C1[C@@H]2[C@H](CCN1c1ccc([N+](=O)[O-])cc1[N+](=O)[O-])N(CC1CC1)[C@@]1(C(=O)Nc3cc(Cl)ccc31)[C@H]2c1cccc(Cl)c1F. The summed E-state index contributed by atoms with van der Waals surface area (Å²) in [4.78, 5) is 54.2. The number of hydrogen-bond acceptors (Lipinski definition) is 7. The monoisotopic (exact) mass is 639 g/mol. The average Bonchev–Trinajstić information content (AvgIpc) is 3.70. The van der Waals surface area contributed by atoms with E-state index in [1.807, 2.05) is 4.90 Å². The first-order valence-electron chi connectivity index (χ1n) is 14.1. The molecule has 3 heterocycles. The van der Waals surface area contributed by atoms with Gasteiger partial charge in [-0.25, -0.2) is 4.39 Å². The molecule has 0 bridgehead atoms. The van der Waals surface area contributed by atoms with E-state index in [-0.39, 0.29) is 28.7 Å². The lowest BCUT2D eigenvalue weighted by atomic mass is 9.70. The van der Waals surface area contributed by atoms with Gasteiger partial charge in [-0.05, 0) is 55.0 Å². The van der Waals surface area contributed by atoms with E-state index in [2.05, 4.69) is 5.32 Å². The molecular formula is C30H24Cl2FN5O6. The number of rotatable bonds is 6. The second kappa shape index (κ2) is 10.2. The number of nitro groups is 2. The van der Waals surface area contributed by atoms with E-state index >= 15 is 4.39 Å². The summed E-state index contributed by atoms with van der Waals surface area (Å²) in [7, 11) is 0. The number of nitrogens with one attached hydrogen (secondary N) is 1. The van der Waals surface area contributed by atoms with Gasteiger partial charge in [0.1, 0.15) is 17.0 Å². The Bertz CT molecular complexity index is 1790. The number of piperidine rings is 1. The molecule has 7 rings (SSSR count). The van der Waals surface area contributed by atoms with Crippen molar-refractivity contribution in [3.05, 3.63) is 102 Å². The smallest absolute Gasteiger partial charge is 0.299 e. The summed E-state index contributed by atoms with van der Waals surface area (Å²) >= 11 is 12.6. The molecule has 2 amide bonds. The van der Waals surface area contributed by atoms with Gasteiger partial charge in [0.15, 0.2) is 0 Å². The topological polar surface area (TPSA) is 139 Å². The van der Waals surface area contributed by atoms with Crippen molar-refractivity contribution >= 4 is 57.8 Å². The van der Waals surface area contributed by atoms with Crippen LogP contribution in [-0.4, -0.2) is 45.7 Å². The van der Waals surface area contributed by atoms with Crippen molar-refractivity contribution in [1.82, 2.24) is 4.90 Å². The third-order valence-electron chi connectivity index (χ3n) is 9.39. The minimum atomic E-state index is -1.50. The van der Waals surface area contributed by atoms with Gasteiger partial charge in [0.05, 0.1) is 26.9 Å². The summed E-state index contributed by atoms with van der Waals surface area (Å²) in [5.41, 5.74) is -1.59. The predicted molar refractivity (Wildman–Crippen MR) is 159 cm³/mol. The first-order valence-corrected chi connectivity index (χ1v) is 14.9. The lowest BCUT2D eigenvalue weighted by Gasteiger charge is -2.40. The normalized spacial score (nSPS) is 26.1. The summed E-state index contributed by atoms with van der Waals surface area (Å²) in [5.74, 6) is -3.53. The summed E-state index contributed by atoms with van der Waals surface area (Å²) in [6.45, 7) is 0.538. The number of anilines is 2. The molecule has 3 fully saturated rings. The highest BCUT2D eigenvalue weighted by Crippen LogP contribution is 2.62. The van der Waals surface area contributed by atoms with Gasteiger partial charge in [-0.1, -0.05) is 41.4 Å². The van der Waals surface area contributed by atoms with Crippen molar-refractivity contribution in [2.75, 3.05) is 23.3 Å². The average molecular weight is 640 g/mol. The lowest BCUT2D eigenvalue weighted by Crippen LogP contribution is -2.54. The second-order valence-corrected chi connectivity index (χ2v) is 12.5. The Morgan fingerprint density at radius 3 is 2.48 bits per heavy atom. The highest BCUT2D eigenvalue weighted by atomic mass is 35.5. The summed E-state index contributed by atoms with van der Waals surface area (Å²) < 4.78 is 16.1. The van der Waals surface area contributed by atoms with E-state index in [1.54, 1.807) is 24.3 Å². The molecule has 2 saturated heterocycles. The maximum Gasteiger partial charge on any atom is 0.299 e. The molecule has 1 N–H and O–H groups in total. The minimum Gasteiger partial charge on any atom is -0.324 e. The van der Waals surface area contributed by atoms with E-state index < -0.39 is 62.3 Å². The summed E-state index contributed by atoms with van der Waals surface area (Å²) in [6, 6.07) is 12.1. The van der Waals surface area contributed by atoms with Gasteiger partial charge < -0.3 is 10.2 Å². The number of carbonyl (C=O) groups excluding carboxylic acids is 2. The molecule has 1 spiro atoms. The van der Waals surface area contributed by atoms with E-state index in [4.69, 9.17) is 23.2 Å². The molecule has 0 radical (unpaired) electrons. The van der Waals surface area contributed by atoms with Gasteiger partial charge in [0, 0.05) is 47.4 Å². The summed E-state index contributed by atoms with van der Waals surface area (Å²) in [5, 5.41) is 26.6. The molecule has 3 aromatic rings. The molecule has 11 nitrogen and oxygen atoms in total.